The van der Waals surface area contributed by atoms with Crippen molar-refractivity contribution in [2.45, 2.75) is 38.3 Å². The van der Waals surface area contributed by atoms with Crippen molar-refractivity contribution in [1.29, 1.82) is 0 Å². The Morgan fingerprint density at radius 1 is 1.00 bits per heavy atom. The molecule has 0 aliphatic carbocycles. The summed E-state index contributed by atoms with van der Waals surface area (Å²) in [5.41, 5.74) is 4.87. The van der Waals surface area contributed by atoms with Crippen molar-refractivity contribution in [3.8, 4) is 0 Å². The summed E-state index contributed by atoms with van der Waals surface area (Å²) in [5.74, 6) is 0. The van der Waals surface area contributed by atoms with Crippen molar-refractivity contribution >= 4 is 31.6 Å². The molecule has 7 heteroatoms. The molecular weight excluding hydrogens is 428 g/mol. The van der Waals surface area contributed by atoms with Crippen LogP contribution in [-0.2, 0) is 16.6 Å². The molecule has 0 fully saturated rings. The Morgan fingerprint density at radius 2 is 1.74 bits per heavy atom. The molecule has 0 spiro atoms. The molecule has 0 amide bonds. The van der Waals surface area contributed by atoms with Crippen LogP contribution >= 0.6 is 11.3 Å². The van der Waals surface area contributed by atoms with E-state index in [1.54, 1.807) is 22.8 Å². The van der Waals surface area contributed by atoms with Crippen LogP contribution < -0.4 is 9.60 Å². The van der Waals surface area contributed by atoms with Crippen LogP contribution in [0.25, 0.3) is 10.2 Å². The predicted molar refractivity (Wildman–Crippen MR) is 126 cm³/mol. The topological polar surface area (TPSA) is 68.2 Å². The van der Waals surface area contributed by atoms with Gasteiger partial charge in [-0.05, 0) is 55.7 Å². The maximum Gasteiger partial charge on any atom is 0.308 e. The molecule has 0 bridgehead atoms. The zero-order valence-electron chi connectivity index (χ0n) is 17.6. The van der Waals surface area contributed by atoms with Crippen LogP contribution in [0, 0.1) is 13.8 Å². The van der Waals surface area contributed by atoms with Crippen molar-refractivity contribution in [2.24, 2.45) is 0 Å². The lowest BCUT2D eigenvalue weighted by atomic mass is 10.0. The quantitative estimate of drug-likeness (QED) is 0.458. The van der Waals surface area contributed by atoms with E-state index in [0.29, 0.717) is 11.2 Å². The van der Waals surface area contributed by atoms with E-state index in [-0.39, 0.29) is 15.8 Å². The molecule has 0 saturated heterocycles. The first-order chi connectivity index (χ1) is 14.7. The van der Waals surface area contributed by atoms with Gasteiger partial charge in [-0.1, -0.05) is 65.4 Å². The Hall–Kier alpha value is -2.74. The molecule has 4 rings (SSSR count). The van der Waals surface area contributed by atoms with E-state index in [1.807, 2.05) is 69.3 Å². The number of sulfonamides is 1. The van der Waals surface area contributed by atoms with Crippen molar-refractivity contribution in [3.05, 3.63) is 98.7 Å². The van der Waals surface area contributed by atoms with Gasteiger partial charge in [-0.3, -0.25) is 9.36 Å². The average molecular weight is 453 g/mol. The van der Waals surface area contributed by atoms with Gasteiger partial charge in [0.1, 0.15) is 0 Å². The standard InChI is InChI=1S/C24H24N2O3S2/c1-16-9-11-21(17(2)13-16)18(3)25-31(28,29)20-10-12-22-23(14-20)30-24(27)26(22)15-19-7-5-4-6-8-19/h4-14,18,25H,15H2,1-3H3/t18-/m0/s1. The molecule has 31 heavy (non-hydrogen) atoms. The maximum absolute atomic E-state index is 13.0. The molecule has 0 aliphatic heterocycles. The van der Waals surface area contributed by atoms with Gasteiger partial charge in [-0.15, -0.1) is 0 Å². The van der Waals surface area contributed by atoms with Crippen molar-refractivity contribution in [2.75, 3.05) is 0 Å². The fourth-order valence-corrected chi connectivity index (χ4v) is 6.06. The summed E-state index contributed by atoms with van der Waals surface area (Å²) < 4.78 is 31.2. The normalized spacial score (nSPS) is 12.9. The SMILES string of the molecule is Cc1ccc([C@H](C)NS(=O)(=O)c2ccc3c(c2)sc(=O)n3Cc2ccccc2)c(C)c1. The number of fused-ring (bicyclic) bond motifs is 1. The third-order valence-corrected chi connectivity index (χ3v) is 7.84. The molecule has 0 radical (unpaired) electrons. The fourth-order valence-electron chi connectivity index (χ4n) is 3.81. The molecule has 160 valence electrons. The van der Waals surface area contributed by atoms with Gasteiger partial charge in [0, 0.05) is 6.04 Å². The van der Waals surface area contributed by atoms with E-state index in [1.165, 1.54) is 0 Å². The number of nitrogens with one attached hydrogen (secondary N) is 1. The predicted octanol–water partition coefficient (Wildman–Crippen LogP) is 4.77. The summed E-state index contributed by atoms with van der Waals surface area (Å²) in [4.78, 5) is 12.6. The second-order valence-electron chi connectivity index (χ2n) is 7.77. The molecular formula is C24H24N2O3S2. The molecule has 0 saturated carbocycles. The van der Waals surface area contributed by atoms with Crippen LogP contribution in [0.3, 0.4) is 0 Å². The van der Waals surface area contributed by atoms with Crippen LogP contribution in [-0.4, -0.2) is 13.0 Å². The van der Waals surface area contributed by atoms with E-state index in [9.17, 15) is 13.2 Å². The highest BCUT2D eigenvalue weighted by molar-refractivity contribution is 7.89. The van der Waals surface area contributed by atoms with Crippen LogP contribution in [0.1, 0.15) is 35.2 Å². The Bertz CT molecular complexity index is 1400. The second-order valence-corrected chi connectivity index (χ2v) is 10.5. The number of hydrogen-bond donors (Lipinski definition) is 1. The highest BCUT2D eigenvalue weighted by Gasteiger charge is 2.21. The first-order valence-electron chi connectivity index (χ1n) is 10.0. The highest BCUT2D eigenvalue weighted by atomic mass is 32.2. The number of benzene rings is 3. The third kappa shape index (κ3) is 4.49. The van der Waals surface area contributed by atoms with E-state index in [0.717, 1.165) is 39.1 Å². The fraction of sp³-hybridized carbons (Fsp3) is 0.208. The molecule has 4 aromatic rings. The largest absolute Gasteiger partial charge is 0.308 e. The summed E-state index contributed by atoms with van der Waals surface area (Å²) in [5, 5.41) is 0. The highest BCUT2D eigenvalue weighted by Crippen LogP contribution is 2.25. The third-order valence-electron chi connectivity index (χ3n) is 5.36. The maximum atomic E-state index is 13.0. The minimum absolute atomic E-state index is 0.106. The van der Waals surface area contributed by atoms with Gasteiger partial charge in [0.05, 0.1) is 21.7 Å². The summed E-state index contributed by atoms with van der Waals surface area (Å²) in [6.07, 6.45) is 0. The van der Waals surface area contributed by atoms with Crippen LogP contribution in [0.15, 0.2) is 76.4 Å². The summed E-state index contributed by atoms with van der Waals surface area (Å²) in [6, 6.07) is 20.2. The Labute approximate surface area is 186 Å². The lowest BCUT2D eigenvalue weighted by Crippen LogP contribution is -2.27. The van der Waals surface area contributed by atoms with E-state index in [4.69, 9.17) is 0 Å². The smallest absolute Gasteiger partial charge is 0.294 e. The van der Waals surface area contributed by atoms with Gasteiger partial charge in [-0.25, -0.2) is 13.1 Å². The number of hydrogen-bond acceptors (Lipinski definition) is 4. The first-order valence-corrected chi connectivity index (χ1v) is 12.3. The molecule has 5 nitrogen and oxygen atoms in total. The van der Waals surface area contributed by atoms with Crippen LogP contribution in [0.4, 0.5) is 0 Å². The number of nitrogens with zero attached hydrogens (tertiary/aromatic N) is 1. The van der Waals surface area contributed by atoms with Crippen molar-refractivity contribution < 1.29 is 8.42 Å². The molecule has 1 aromatic heterocycles. The zero-order valence-corrected chi connectivity index (χ0v) is 19.3. The van der Waals surface area contributed by atoms with Crippen LogP contribution in [0.2, 0.25) is 0 Å². The van der Waals surface area contributed by atoms with Gasteiger partial charge in [-0.2, -0.15) is 0 Å². The van der Waals surface area contributed by atoms with E-state index >= 15 is 0 Å². The Balaban J connectivity index is 1.64. The number of rotatable bonds is 6. The molecule has 3 aromatic carbocycles. The van der Waals surface area contributed by atoms with Gasteiger partial charge in [0.25, 0.3) is 0 Å². The number of aryl methyl sites for hydroxylation is 2. The monoisotopic (exact) mass is 452 g/mol. The summed E-state index contributed by atoms with van der Waals surface area (Å²) >= 11 is 1.06. The lowest BCUT2D eigenvalue weighted by molar-refractivity contribution is 0.566. The van der Waals surface area contributed by atoms with E-state index < -0.39 is 10.0 Å². The average Bonchev–Trinajstić information content (AvgIpc) is 3.03. The summed E-state index contributed by atoms with van der Waals surface area (Å²) in [7, 11) is -3.74. The molecule has 1 atom stereocenters. The molecule has 1 heterocycles. The number of aromatic nitrogens is 1. The zero-order chi connectivity index (χ0) is 22.2. The first kappa shape index (κ1) is 21.5. The Morgan fingerprint density at radius 3 is 2.45 bits per heavy atom. The summed E-state index contributed by atoms with van der Waals surface area (Å²) in [6.45, 7) is 6.28. The minimum Gasteiger partial charge on any atom is -0.294 e. The minimum atomic E-state index is -3.74. The van der Waals surface area contributed by atoms with Gasteiger partial charge < -0.3 is 0 Å². The molecule has 0 unspecified atom stereocenters. The second kappa shape index (κ2) is 8.42. The van der Waals surface area contributed by atoms with Crippen LogP contribution in [0.5, 0.6) is 0 Å². The van der Waals surface area contributed by atoms with Gasteiger partial charge in [0.2, 0.25) is 10.0 Å². The lowest BCUT2D eigenvalue weighted by Gasteiger charge is -2.17. The van der Waals surface area contributed by atoms with Crippen molar-refractivity contribution in [1.82, 2.24) is 9.29 Å². The molecule has 0 aliphatic rings. The van der Waals surface area contributed by atoms with Gasteiger partial charge >= 0.3 is 4.87 Å². The van der Waals surface area contributed by atoms with Gasteiger partial charge in [0.15, 0.2) is 0 Å². The molecule has 1 N–H and O–H groups in total. The Kier molecular flexibility index (Phi) is 5.83. The van der Waals surface area contributed by atoms with E-state index in [2.05, 4.69) is 4.72 Å². The number of thiazole rings is 1. The van der Waals surface area contributed by atoms with Crippen molar-refractivity contribution in [3.63, 3.8) is 0 Å².